The Morgan fingerprint density at radius 1 is 1.08 bits per heavy atom. The van der Waals surface area contributed by atoms with Gasteiger partial charge in [0.2, 0.25) is 0 Å². The third-order valence-corrected chi connectivity index (χ3v) is 4.44. The predicted octanol–water partition coefficient (Wildman–Crippen LogP) is 3.87. The topological polar surface area (TPSA) is 30.9 Å². The molecule has 0 radical (unpaired) electrons. The first-order valence-electron chi connectivity index (χ1n) is 8.23. The number of morpholine rings is 1. The third kappa shape index (κ3) is 4.84. The number of hydrogen-bond donors (Lipinski definition) is 0. The molecule has 25 heavy (non-hydrogen) atoms. The van der Waals surface area contributed by atoms with Crippen LogP contribution in [-0.4, -0.2) is 51.5 Å². The van der Waals surface area contributed by atoms with Gasteiger partial charge in [-0.15, -0.1) is 0 Å². The molecule has 1 saturated heterocycles. The van der Waals surface area contributed by atoms with E-state index in [9.17, 15) is 4.39 Å². The van der Waals surface area contributed by atoms with Gasteiger partial charge in [0.25, 0.3) is 0 Å². The van der Waals surface area contributed by atoms with E-state index in [-0.39, 0.29) is 5.02 Å². The van der Waals surface area contributed by atoms with Crippen LogP contribution in [0.15, 0.2) is 36.4 Å². The van der Waals surface area contributed by atoms with Gasteiger partial charge in [0.1, 0.15) is 23.9 Å². The summed E-state index contributed by atoms with van der Waals surface area (Å²) in [6, 6.07) is 10.3. The zero-order valence-corrected chi connectivity index (χ0v) is 14.9. The number of nitrogens with zero attached hydrogens (tertiary/aromatic N) is 1. The molecule has 0 aromatic heterocycles. The van der Waals surface area contributed by atoms with Crippen LogP contribution in [0.4, 0.5) is 4.39 Å². The summed E-state index contributed by atoms with van der Waals surface area (Å²) >= 11 is 5.89. The summed E-state index contributed by atoms with van der Waals surface area (Å²) in [7, 11) is 1.61. The van der Waals surface area contributed by atoms with Crippen molar-refractivity contribution < 1.29 is 18.6 Å². The fourth-order valence-corrected chi connectivity index (χ4v) is 2.91. The lowest BCUT2D eigenvalue weighted by molar-refractivity contribution is 0.0322. The lowest BCUT2D eigenvalue weighted by atomic mass is 10.0. The summed E-state index contributed by atoms with van der Waals surface area (Å²) in [5.41, 5.74) is 1.67. The molecule has 1 fully saturated rings. The minimum atomic E-state index is -0.435. The second-order valence-corrected chi connectivity index (χ2v) is 6.24. The lowest BCUT2D eigenvalue weighted by Gasteiger charge is -2.26. The average Bonchev–Trinajstić information content (AvgIpc) is 2.64. The fourth-order valence-electron chi connectivity index (χ4n) is 2.73. The molecule has 0 bridgehead atoms. The van der Waals surface area contributed by atoms with Crippen LogP contribution >= 0.6 is 11.6 Å². The number of halogens is 2. The molecule has 0 atom stereocenters. The van der Waals surface area contributed by atoms with E-state index in [0.29, 0.717) is 18.1 Å². The molecule has 6 heteroatoms. The first-order valence-corrected chi connectivity index (χ1v) is 8.61. The van der Waals surface area contributed by atoms with Gasteiger partial charge in [-0.25, -0.2) is 4.39 Å². The van der Waals surface area contributed by atoms with Crippen LogP contribution in [-0.2, 0) is 4.74 Å². The van der Waals surface area contributed by atoms with Gasteiger partial charge in [-0.1, -0.05) is 17.7 Å². The summed E-state index contributed by atoms with van der Waals surface area (Å²) in [5, 5.41) is 0.0927. The van der Waals surface area contributed by atoms with Crippen molar-refractivity contribution in [3.63, 3.8) is 0 Å². The van der Waals surface area contributed by atoms with Gasteiger partial charge in [-0.2, -0.15) is 0 Å². The molecule has 0 unspecified atom stereocenters. The molecule has 0 amide bonds. The van der Waals surface area contributed by atoms with E-state index in [1.54, 1.807) is 19.2 Å². The van der Waals surface area contributed by atoms with Crippen LogP contribution in [0, 0.1) is 5.82 Å². The monoisotopic (exact) mass is 365 g/mol. The van der Waals surface area contributed by atoms with Crippen molar-refractivity contribution in [3.05, 3.63) is 47.2 Å². The maximum atomic E-state index is 13.4. The van der Waals surface area contributed by atoms with E-state index in [1.165, 1.54) is 6.07 Å². The highest BCUT2D eigenvalue weighted by Gasteiger charge is 2.11. The molecule has 1 aliphatic rings. The van der Waals surface area contributed by atoms with Crippen molar-refractivity contribution in [3.8, 4) is 22.6 Å². The van der Waals surface area contributed by atoms with Gasteiger partial charge in [-0.3, -0.25) is 4.90 Å². The van der Waals surface area contributed by atoms with E-state index in [2.05, 4.69) is 4.90 Å². The van der Waals surface area contributed by atoms with Gasteiger partial charge in [0.15, 0.2) is 0 Å². The van der Waals surface area contributed by atoms with E-state index >= 15 is 0 Å². The number of rotatable bonds is 6. The molecule has 2 aromatic carbocycles. The highest BCUT2D eigenvalue weighted by molar-refractivity contribution is 6.31. The van der Waals surface area contributed by atoms with E-state index in [4.69, 9.17) is 25.8 Å². The summed E-state index contributed by atoms with van der Waals surface area (Å²) < 4.78 is 30.0. The minimum absolute atomic E-state index is 0.0927. The van der Waals surface area contributed by atoms with Crippen molar-refractivity contribution >= 4 is 11.6 Å². The van der Waals surface area contributed by atoms with Gasteiger partial charge in [0, 0.05) is 25.7 Å². The average molecular weight is 366 g/mol. The number of benzene rings is 2. The van der Waals surface area contributed by atoms with Gasteiger partial charge >= 0.3 is 0 Å². The quantitative estimate of drug-likeness (QED) is 0.777. The zero-order chi connectivity index (χ0) is 17.6. The molecule has 0 N–H and O–H groups in total. The molecule has 3 rings (SSSR count). The lowest BCUT2D eigenvalue weighted by Crippen LogP contribution is -2.38. The smallest absolute Gasteiger partial charge is 0.141 e. The predicted molar refractivity (Wildman–Crippen MR) is 96.2 cm³/mol. The zero-order valence-electron chi connectivity index (χ0n) is 14.1. The first-order chi connectivity index (χ1) is 12.2. The van der Waals surface area contributed by atoms with Gasteiger partial charge in [0.05, 0.1) is 25.3 Å². The van der Waals surface area contributed by atoms with Crippen LogP contribution in [0.25, 0.3) is 11.1 Å². The Kier molecular flexibility index (Phi) is 6.13. The Bertz CT molecular complexity index is 720. The molecule has 2 aromatic rings. The van der Waals surface area contributed by atoms with Crippen molar-refractivity contribution in [1.82, 2.24) is 4.90 Å². The molecule has 4 nitrogen and oxygen atoms in total. The van der Waals surface area contributed by atoms with Crippen LogP contribution in [0.5, 0.6) is 11.5 Å². The molecular weight excluding hydrogens is 345 g/mol. The van der Waals surface area contributed by atoms with Gasteiger partial charge < -0.3 is 14.2 Å². The van der Waals surface area contributed by atoms with Crippen molar-refractivity contribution in [2.24, 2.45) is 0 Å². The van der Waals surface area contributed by atoms with Crippen LogP contribution in [0.1, 0.15) is 0 Å². The second-order valence-electron chi connectivity index (χ2n) is 5.83. The van der Waals surface area contributed by atoms with Crippen molar-refractivity contribution in [2.45, 2.75) is 0 Å². The van der Waals surface area contributed by atoms with Crippen LogP contribution < -0.4 is 9.47 Å². The maximum Gasteiger partial charge on any atom is 0.141 e. The summed E-state index contributed by atoms with van der Waals surface area (Å²) in [6.07, 6.45) is 0. The van der Waals surface area contributed by atoms with E-state index in [1.807, 2.05) is 18.2 Å². The third-order valence-electron chi connectivity index (χ3n) is 4.15. The van der Waals surface area contributed by atoms with E-state index in [0.717, 1.165) is 44.0 Å². The molecule has 0 spiro atoms. The minimum Gasteiger partial charge on any atom is -0.497 e. The summed E-state index contributed by atoms with van der Waals surface area (Å²) in [6.45, 7) is 4.83. The Balaban J connectivity index is 1.71. The molecule has 1 aliphatic heterocycles. The summed E-state index contributed by atoms with van der Waals surface area (Å²) in [5.74, 6) is 0.956. The Labute approximate surface area is 152 Å². The molecule has 1 heterocycles. The number of methoxy groups -OCH3 is 1. The Morgan fingerprint density at radius 2 is 1.84 bits per heavy atom. The summed E-state index contributed by atoms with van der Waals surface area (Å²) in [4.78, 5) is 2.31. The molecule has 134 valence electrons. The first kappa shape index (κ1) is 18.0. The highest BCUT2D eigenvalue weighted by atomic mass is 35.5. The molecule has 0 saturated carbocycles. The van der Waals surface area contributed by atoms with Crippen molar-refractivity contribution in [2.75, 3.05) is 46.6 Å². The number of hydrogen-bond acceptors (Lipinski definition) is 4. The molecule has 0 aliphatic carbocycles. The van der Waals surface area contributed by atoms with Crippen LogP contribution in [0.2, 0.25) is 5.02 Å². The largest absolute Gasteiger partial charge is 0.497 e. The van der Waals surface area contributed by atoms with Gasteiger partial charge in [-0.05, 0) is 35.4 Å². The SMILES string of the molecule is COc1cc(OCCN2CCOCC2)cc(-c2ccc(F)c(Cl)c2)c1. The highest BCUT2D eigenvalue weighted by Crippen LogP contribution is 2.31. The standard InChI is InChI=1S/C19H21ClFNO3/c1-23-16-10-15(14-2-3-19(21)18(20)12-14)11-17(13-16)25-9-6-22-4-7-24-8-5-22/h2-3,10-13H,4-9H2,1H3. The Morgan fingerprint density at radius 3 is 2.56 bits per heavy atom. The maximum absolute atomic E-state index is 13.4. The second kappa shape index (κ2) is 8.52. The molecular formula is C19H21ClFNO3. The number of ether oxygens (including phenoxy) is 3. The van der Waals surface area contributed by atoms with Crippen molar-refractivity contribution in [1.29, 1.82) is 0 Å². The van der Waals surface area contributed by atoms with Crippen LogP contribution in [0.3, 0.4) is 0 Å². The van der Waals surface area contributed by atoms with E-state index < -0.39 is 5.82 Å². The normalized spacial score (nSPS) is 15.2. The fraction of sp³-hybridized carbons (Fsp3) is 0.368. The Hall–Kier alpha value is -1.82.